The van der Waals surface area contributed by atoms with Crippen LogP contribution in [0.25, 0.3) is 11.0 Å². The van der Waals surface area contributed by atoms with Crippen molar-refractivity contribution in [2.75, 3.05) is 5.32 Å². The number of H-pyrrole nitrogens is 1. The van der Waals surface area contributed by atoms with Crippen LogP contribution < -0.4 is 16.4 Å². The molecule has 0 radical (unpaired) electrons. The highest BCUT2D eigenvalue weighted by Crippen LogP contribution is 2.13. The molecule has 1 heterocycles. The number of carbonyl (C=O) groups excluding carboxylic acids is 1. The maximum atomic E-state index is 11.3. The Morgan fingerprint density at radius 2 is 1.94 bits per heavy atom. The largest absolute Gasteiger partial charge is 0.329 e. The van der Waals surface area contributed by atoms with Gasteiger partial charge in [-0.2, -0.15) is 0 Å². The van der Waals surface area contributed by atoms with E-state index in [4.69, 9.17) is 0 Å². The third-order valence-electron chi connectivity index (χ3n) is 2.33. The van der Waals surface area contributed by atoms with Crippen LogP contribution in [0.4, 0.5) is 5.69 Å². The molecule has 2 aromatic rings. The van der Waals surface area contributed by atoms with Crippen molar-refractivity contribution in [3.8, 4) is 0 Å². The number of amides is 1. The molecule has 6 heteroatoms. The van der Waals surface area contributed by atoms with Gasteiger partial charge < -0.3 is 14.9 Å². The van der Waals surface area contributed by atoms with Crippen LogP contribution in [-0.2, 0) is 11.8 Å². The predicted octanol–water partition coefficient (Wildman–Crippen LogP) is 0.821. The zero-order valence-electron chi connectivity index (χ0n) is 10.5. The first-order valence-electron chi connectivity index (χ1n) is 5.57. The Morgan fingerprint density at radius 3 is 2.56 bits per heavy atom. The molecule has 0 aliphatic rings. The van der Waals surface area contributed by atoms with Crippen LogP contribution in [0.1, 0.15) is 13.8 Å². The standard InChI is InChI=1S/C10H9N3O3.C2H6/c1-13-8-3-2-6(11-5-14)4-7(8)12-9(15)10(13)16;1-2/h2-5H,1H3,(H,11,14)(H,12,15);1-2H3. The molecule has 96 valence electrons. The van der Waals surface area contributed by atoms with E-state index in [1.807, 2.05) is 13.8 Å². The summed E-state index contributed by atoms with van der Waals surface area (Å²) in [6, 6.07) is 4.89. The number of nitrogens with one attached hydrogen (secondary N) is 2. The van der Waals surface area contributed by atoms with Gasteiger partial charge in [0, 0.05) is 12.7 Å². The number of aryl methyl sites for hydroxylation is 1. The zero-order chi connectivity index (χ0) is 13.7. The van der Waals surface area contributed by atoms with Crippen molar-refractivity contribution in [2.45, 2.75) is 13.8 Å². The lowest BCUT2D eigenvalue weighted by Gasteiger charge is -2.05. The fourth-order valence-corrected chi connectivity index (χ4v) is 1.52. The molecule has 0 aliphatic carbocycles. The van der Waals surface area contributed by atoms with Crippen LogP contribution in [0, 0.1) is 0 Å². The van der Waals surface area contributed by atoms with E-state index < -0.39 is 11.1 Å². The Labute approximate surface area is 103 Å². The van der Waals surface area contributed by atoms with Crippen molar-refractivity contribution in [3.63, 3.8) is 0 Å². The summed E-state index contributed by atoms with van der Waals surface area (Å²) in [6.45, 7) is 4.00. The van der Waals surface area contributed by atoms with E-state index >= 15 is 0 Å². The Morgan fingerprint density at radius 1 is 1.28 bits per heavy atom. The molecule has 0 atom stereocenters. The zero-order valence-corrected chi connectivity index (χ0v) is 10.5. The number of rotatable bonds is 2. The first-order chi connectivity index (χ1) is 8.63. The van der Waals surface area contributed by atoms with Gasteiger partial charge in [0.2, 0.25) is 6.41 Å². The van der Waals surface area contributed by atoms with Crippen molar-refractivity contribution in [1.82, 2.24) is 9.55 Å². The van der Waals surface area contributed by atoms with E-state index in [1.54, 1.807) is 18.2 Å². The molecule has 1 aromatic heterocycles. The average Bonchev–Trinajstić information content (AvgIpc) is 2.39. The normalized spacial score (nSPS) is 9.50. The van der Waals surface area contributed by atoms with Gasteiger partial charge in [-0.3, -0.25) is 14.4 Å². The van der Waals surface area contributed by atoms with Crippen LogP contribution in [0.15, 0.2) is 27.8 Å². The van der Waals surface area contributed by atoms with E-state index in [1.165, 1.54) is 11.6 Å². The van der Waals surface area contributed by atoms with Crippen LogP contribution in [0.2, 0.25) is 0 Å². The van der Waals surface area contributed by atoms with Crippen molar-refractivity contribution in [2.24, 2.45) is 7.05 Å². The number of fused-ring (bicyclic) bond motifs is 1. The van der Waals surface area contributed by atoms with Gasteiger partial charge in [-0.05, 0) is 18.2 Å². The van der Waals surface area contributed by atoms with Crippen LogP contribution in [0.5, 0.6) is 0 Å². The maximum absolute atomic E-state index is 11.3. The topological polar surface area (TPSA) is 84.0 Å². The second-order valence-electron chi connectivity index (χ2n) is 3.31. The Balaban J connectivity index is 0.000000771. The molecule has 0 spiro atoms. The fourth-order valence-electron chi connectivity index (χ4n) is 1.52. The molecule has 2 rings (SSSR count). The summed E-state index contributed by atoms with van der Waals surface area (Å²) in [4.78, 5) is 35.3. The molecule has 0 aliphatic heterocycles. The van der Waals surface area contributed by atoms with Crippen molar-refractivity contribution in [3.05, 3.63) is 38.9 Å². The molecule has 0 saturated heterocycles. The third-order valence-corrected chi connectivity index (χ3v) is 2.33. The van der Waals surface area contributed by atoms with Gasteiger partial charge in [0.05, 0.1) is 11.0 Å². The van der Waals surface area contributed by atoms with E-state index in [-0.39, 0.29) is 0 Å². The molecule has 6 nitrogen and oxygen atoms in total. The molecule has 0 fully saturated rings. The summed E-state index contributed by atoms with van der Waals surface area (Å²) in [6.07, 6.45) is 0.543. The minimum Gasteiger partial charge on any atom is -0.329 e. The van der Waals surface area contributed by atoms with Gasteiger partial charge >= 0.3 is 11.1 Å². The third kappa shape index (κ3) is 2.48. The first kappa shape index (κ1) is 13.7. The molecule has 0 saturated carbocycles. The molecule has 0 unspecified atom stereocenters. The highest BCUT2D eigenvalue weighted by atomic mass is 16.2. The Hall–Kier alpha value is -2.37. The smallest absolute Gasteiger partial charge is 0.316 e. The summed E-state index contributed by atoms with van der Waals surface area (Å²) in [7, 11) is 1.52. The van der Waals surface area contributed by atoms with Crippen LogP contribution >= 0.6 is 0 Å². The molecule has 1 amide bonds. The SMILES string of the molecule is CC.Cn1c(=O)c(=O)[nH]c2cc(NC=O)ccc21. The average molecular weight is 249 g/mol. The monoisotopic (exact) mass is 249 g/mol. The number of hydrogen-bond donors (Lipinski definition) is 2. The highest BCUT2D eigenvalue weighted by Gasteiger charge is 2.04. The molecule has 2 N–H and O–H groups in total. The molecule has 0 bridgehead atoms. The summed E-state index contributed by atoms with van der Waals surface area (Å²) < 4.78 is 1.26. The predicted molar refractivity (Wildman–Crippen MR) is 70.8 cm³/mol. The number of benzene rings is 1. The Kier molecular flexibility index (Phi) is 4.42. The van der Waals surface area contributed by atoms with Gasteiger partial charge in [0.25, 0.3) is 0 Å². The van der Waals surface area contributed by atoms with E-state index in [9.17, 15) is 14.4 Å². The van der Waals surface area contributed by atoms with Gasteiger partial charge in [-0.25, -0.2) is 0 Å². The van der Waals surface area contributed by atoms with Gasteiger partial charge in [0.1, 0.15) is 0 Å². The number of anilines is 1. The summed E-state index contributed by atoms with van der Waals surface area (Å²) in [5, 5.41) is 2.46. The van der Waals surface area contributed by atoms with Crippen LogP contribution in [0.3, 0.4) is 0 Å². The summed E-state index contributed by atoms with van der Waals surface area (Å²) >= 11 is 0. The molecule has 1 aromatic carbocycles. The van der Waals surface area contributed by atoms with Gasteiger partial charge in [0.15, 0.2) is 0 Å². The second-order valence-corrected chi connectivity index (χ2v) is 3.31. The van der Waals surface area contributed by atoms with Crippen molar-refractivity contribution < 1.29 is 4.79 Å². The number of hydrogen-bond acceptors (Lipinski definition) is 3. The van der Waals surface area contributed by atoms with E-state index in [0.717, 1.165) is 0 Å². The van der Waals surface area contributed by atoms with Crippen molar-refractivity contribution >= 4 is 23.1 Å². The lowest BCUT2D eigenvalue weighted by molar-refractivity contribution is -0.105. The minimum atomic E-state index is -0.682. The highest BCUT2D eigenvalue weighted by molar-refractivity contribution is 5.82. The summed E-state index contributed by atoms with van der Waals surface area (Å²) in [5.74, 6) is 0. The number of aromatic nitrogens is 2. The van der Waals surface area contributed by atoms with Gasteiger partial charge in [-0.1, -0.05) is 13.8 Å². The second kappa shape index (κ2) is 5.81. The lowest BCUT2D eigenvalue weighted by Crippen LogP contribution is -2.34. The summed E-state index contributed by atoms with van der Waals surface area (Å²) in [5.41, 5.74) is 0.360. The molecular weight excluding hydrogens is 234 g/mol. The van der Waals surface area contributed by atoms with E-state index in [2.05, 4.69) is 10.3 Å². The molecular formula is C12H15N3O3. The molecule has 18 heavy (non-hydrogen) atoms. The van der Waals surface area contributed by atoms with Crippen molar-refractivity contribution in [1.29, 1.82) is 0 Å². The first-order valence-corrected chi connectivity index (χ1v) is 5.57. The van der Waals surface area contributed by atoms with E-state index in [0.29, 0.717) is 23.1 Å². The maximum Gasteiger partial charge on any atom is 0.316 e. The quantitative estimate of drug-likeness (QED) is 0.610. The number of nitrogens with zero attached hydrogens (tertiary/aromatic N) is 1. The fraction of sp³-hybridized carbons (Fsp3) is 0.250. The number of aromatic amines is 1. The van der Waals surface area contributed by atoms with Gasteiger partial charge in [-0.15, -0.1) is 0 Å². The number of carbonyl (C=O) groups is 1. The van der Waals surface area contributed by atoms with Crippen LogP contribution in [-0.4, -0.2) is 16.0 Å². The Bertz CT molecular complexity index is 670. The minimum absolute atomic E-state index is 0.499. The lowest BCUT2D eigenvalue weighted by atomic mass is 10.2.